The molecule has 0 aliphatic carbocycles. The Balaban J connectivity index is 1.35. The van der Waals surface area contributed by atoms with Crippen LogP contribution in [0, 0.1) is 0 Å². The van der Waals surface area contributed by atoms with Crippen LogP contribution in [-0.2, 0) is 17.8 Å². The quantitative estimate of drug-likeness (QED) is 0.874. The van der Waals surface area contributed by atoms with Crippen LogP contribution < -0.4 is 25.0 Å². The molecule has 0 saturated carbocycles. The molecule has 0 unspecified atom stereocenters. The van der Waals surface area contributed by atoms with Crippen molar-refractivity contribution in [2.45, 2.75) is 19.9 Å². The number of nitrogens with one attached hydrogen (secondary N) is 2. The number of fused-ring (bicyclic) bond motifs is 2. The summed E-state index contributed by atoms with van der Waals surface area (Å²) in [4.78, 5) is 25.6. The van der Waals surface area contributed by atoms with E-state index in [1.54, 1.807) is 30.0 Å². The van der Waals surface area contributed by atoms with Crippen LogP contribution in [0.1, 0.15) is 18.1 Å². The molecule has 0 aromatic heterocycles. The second-order valence-corrected chi connectivity index (χ2v) is 6.55. The molecule has 4 rings (SSSR count). The lowest BCUT2D eigenvalue weighted by Gasteiger charge is -2.19. The maximum Gasteiger partial charge on any atom is 0.319 e. The van der Waals surface area contributed by atoms with Crippen molar-refractivity contribution < 1.29 is 19.1 Å². The Kier molecular flexibility index (Phi) is 4.58. The summed E-state index contributed by atoms with van der Waals surface area (Å²) in [5.41, 5.74) is 3.74. The van der Waals surface area contributed by atoms with Crippen LogP contribution in [-0.4, -0.2) is 31.7 Å². The van der Waals surface area contributed by atoms with Crippen LogP contribution in [0.15, 0.2) is 36.4 Å². The molecule has 0 atom stereocenters. The molecule has 0 saturated heterocycles. The lowest BCUT2D eigenvalue weighted by Crippen LogP contribution is -2.28. The third-order valence-corrected chi connectivity index (χ3v) is 4.67. The number of amides is 3. The third-order valence-electron chi connectivity index (χ3n) is 4.67. The molecule has 0 radical (unpaired) electrons. The Morgan fingerprint density at radius 3 is 2.70 bits per heavy atom. The molecule has 0 spiro atoms. The Morgan fingerprint density at radius 2 is 1.89 bits per heavy atom. The number of carbonyl (C=O) groups is 2. The van der Waals surface area contributed by atoms with Gasteiger partial charge in [0.2, 0.25) is 5.91 Å². The van der Waals surface area contributed by atoms with Crippen LogP contribution in [0.2, 0.25) is 0 Å². The van der Waals surface area contributed by atoms with Crippen molar-refractivity contribution in [3.05, 3.63) is 47.5 Å². The van der Waals surface area contributed by atoms with Gasteiger partial charge in [0.15, 0.2) is 11.5 Å². The average Bonchev–Trinajstić information content (AvgIpc) is 3.10. The SMILES string of the molecule is CC(=O)N1CCc2cc(CNC(=O)Nc3ccc4c(c3)OCCO4)ccc21. The first kappa shape index (κ1) is 17.2. The van der Waals surface area contributed by atoms with Crippen molar-refractivity contribution in [1.29, 1.82) is 0 Å². The molecule has 2 aliphatic rings. The standard InChI is InChI=1S/C20H21N3O4/c1-13(24)23-7-6-15-10-14(2-4-17(15)23)12-21-20(25)22-16-3-5-18-19(11-16)27-9-8-26-18/h2-5,10-11H,6-9,12H2,1H3,(H2,21,22,25). The molecule has 2 aliphatic heterocycles. The first-order valence-corrected chi connectivity index (χ1v) is 8.94. The number of hydrogen-bond donors (Lipinski definition) is 2. The average molecular weight is 367 g/mol. The minimum Gasteiger partial charge on any atom is -0.486 e. The van der Waals surface area contributed by atoms with Gasteiger partial charge in [-0.15, -0.1) is 0 Å². The zero-order chi connectivity index (χ0) is 18.8. The molecular formula is C20H21N3O4. The van der Waals surface area contributed by atoms with Crippen LogP contribution in [0.5, 0.6) is 11.5 Å². The van der Waals surface area contributed by atoms with E-state index < -0.39 is 0 Å². The predicted molar refractivity (Wildman–Crippen MR) is 101 cm³/mol. The summed E-state index contributed by atoms with van der Waals surface area (Å²) < 4.78 is 11.0. The van der Waals surface area contributed by atoms with Crippen LogP contribution in [0.4, 0.5) is 16.2 Å². The number of ether oxygens (including phenoxy) is 2. The number of rotatable bonds is 3. The van der Waals surface area contributed by atoms with E-state index in [2.05, 4.69) is 10.6 Å². The highest BCUT2D eigenvalue weighted by molar-refractivity contribution is 5.94. The van der Waals surface area contributed by atoms with E-state index in [4.69, 9.17) is 9.47 Å². The van der Waals surface area contributed by atoms with E-state index in [9.17, 15) is 9.59 Å². The lowest BCUT2D eigenvalue weighted by atomic mass is 10.1. The predicted octanol–water partition coefficient (Wildman–Crippen LogP) is 2.69. The highest BCUT2D eigenvalue weighted by Gasteiger charge is 2.22. The molecule has 140 valence electrons. The minimum atomic E-state index is -0.294. The Labute approximate surface area is 157 Å². The Morgan fingerprint density at radius 1 is 1.07 bits per heavy atom. The van der Waals surface area contributed by atoms with Gasteiger partial charge in [-0.3, -0.25) is 4.79 Å². The fourth-order valence-corrected chi connectivity index (χ4v) is 3.37. The van der Waals surface area contributed by atoms with E-state index in [0.717, 1.165) is 23.2 Å². The van der Waals surface area contributed by atoms with E-state index in [1.807, 2.05) is 18.2 Å². The van der Waals surface area contributed by atoms with Gasteiger partial charge in [0.1, 0.15) is 13.2 Å². The summed E-state index contributed by atoms with van der Waals surface area (Å²) in [5.74, 6) is 1.37. The molecule has 3 amide bonds. The van der Waals surface area contributed by atoms with Gasteiger partial charge in [-0.1, -0.05) is 12.1 Å². The molecular weight excluding hydrogens is 346 g/mol. The van der Waals surface area contributed by atoms with Crippen LogP contribution >= 0.6 is 0 Å². The van der Waals surface area contributed by atoms with Gasteiger partial charge in [0, 0.05) is 37.5 Å². The largest absolute Gasteiger partial charge is 0.486 e. The van der Waals surface area contributed by atoms with E-state index in [0.29, 0.717) is 43.5 Å². The summed E-state index contributed by atoms with van der Waals surface area (Å²) in [6, 6.07) is 10.9. The third kappa shape index (κ3) is 3.67. The second kappa shape index (κ2) is 7.19. The monoisotopic (exact) mass is 367 g/mol. The first-order valence-electron chi connectivity index (χ1n) is 8.94. The summed E-state index contributed by atoms with van der Waals surface area (Å²) in [5, 5.41) is 5.65. The summed E-state index contributed by atoms with van der Waals surface area (Å²) in [6.45, 7) is 3.73. The molecule has 27 heavy (non-hydrogen) atoms. The van der Waals surface area contributed by atoms with Crippen molar-refractivity contribution in [1.82, 2.24) is 5.32 Å². The fourth-order valence-electron chi connectivity index (χ4n) is 3.37. The zero-order valence-corrected chi connectivity index (χ0v) is 15.1. The van der Waals surface area contributed by atoms with Gasteiger partial charge in [0.05, 0.1) is 0 Å². The summed E-state index contributed by atoms with van der Waals surface area (Å²) in [6.07, 6.45) is 0.839. The molecule has 2 aromatic carbocycles. The summed E-state index contributed by atoms with van der Waals surface area (Å²) in [7, 11) is 0. The fraction of sp³-hybridized carbons (Fsp3) is 0.300. The smallest absolute Gasteiger partial charge is 0.319 e. The lowest BCUT2D eigenvalue weighted by molar-refractivity contribution is -0.116. The normalized spacial score (nSPS) is 14.5. The van der Waals surface area contributed by atoms with E-state index in [1.165, 1.54) is 0 Å². The van der Waals surface area contributed by atoms with E-state index in [-0.39, 0.29) is 11.9 Å². The Hall–Kier alpha value is -3.22. The number of nitrogens with zero attached hydrogens (tertiary/aromatic N) is 1. The molecule has 0 bridgehead atoms. The summed E-state index contributed by atoms with van der Waals surface area (Å²) >= 11 is 0. The molecule has 2 N–H and O–H groups in total. The molecule has 0 fully saturated rings. The highest BCUT2D eigenvalue weighted by atomic mass is 16.6. The second-order valence-electron chi connectivity index (χ2n) is 6.55. The maximum absolute atomic E-state index is 12.2. The van der Waals surface area contributed by atoms with Crippen LogP contribution in [0.25, 0.3) is 0 Å². The van der Waals surface area contributed by atoms with Crippen molar-refractivity contribution in [3.8, 4) is 11.5 Å². The zero-order valence-electron chi connectivity index (χ0n) is 15.1. The van der Waals surface area contributed by atoms with Crippen LogP contribution in [0.3, 0.4) is 0 Å². The molecule has 7 nitrogen and oxygen atoms in total. The van der Waals surface area contributed by atoms with E-state index >= 15 is 0 Å². The van der Waals surface area contributed by atoms with Gasteiger partial charge in [0.25, 0.3) is 0 Å². The number of benzene rings is 2. The highest BCUT2D eigenvalue weighted by Crippen LogP contribution is 2.32. The first-order chi connectivity index (χ1) is 13.1. The van der Waals surface area contributed by atoms with Gasteiger partial charge in [-0.25, -0.2) is 4.79 Å². The number of carbonyl (C=O) groups excluding carboxylic acids is 2. The Bertz CT molecular complexity index is 897. The topological polar surface area (TPSA) is 79.9 Å². The molecule has 2 aromatic rings. The molecule has 7 heteroatoms. The van der Waals surface area contributed by atoms with Gasteiger partial charge >= 0.3 is 6.03 Å². The minimum absolute atomic E-state index is 0.0541. The van der Waals surface area contributed by atoms with Crippen molar-refractivity contribution >= 4 is 23.3 Å². The molecule has 2 heterocycles. The van der Waals surface area contributed by atoms with Crippen molar-refractivity contribution in [3.63, 3.8) is 0 Å². The number of anilines is 2. The van der Waals surface area contributed by atoms with Gasteiger partial charge < -0.3 is 25.0 Å². The van der Waals surface area contributed by atoms with Gasteiger partial charge in [-0.2, -0.15) is 0 Å². The maximum atomic E-state index is 12.2. The van der Waals surface area contributed by atoms with Crippen molar-refractivity contribution in [2.24, 2.45) is 0 Å². The van der Waals surface area contributed by atoms with Crippen molar-refractivity contribution in [2.75, 3.05) is 30.0 Å². The van der Waals surface area contributed by atoms with Gasteiger partial charge in [-0.05, 0) is 35.7 Å². The number of urea groups is 1. The number of hydrogen-bond acceptors (Lipinski definition) is 4.